The second-order valence-corrected chi connectivity index (χ2v) is 4.78. The van der Waals surface area contributed by atoms with Crippen molar-refractivity contribution in [1.82, 2.24) is 4.98 Å². The molecule has 0 bridgehead atoms. The summed E-state index contributed by atoms with van der Waals surface area (Å²) in [4.78, 5) is 16.0. The number of thiophene rings is 1. The number of nitrogens with zero attached hydrogens (tertiary/aromatic N) is 1. The number of rotatable bonds is 2. The van der Waals surface area contributed by atoms with E-state index in [1.54, 1.807) is 6.07 Å². The van der Waals surface area contributed by atoms with E-state index in [4.69, 9.17) is 0 Å². The predicted octanol–water partition coefficient (Wildman–Crippen LogP) is 3.67. The average Bonchev–Trinajstić information content (AvgIpc) is 2.86. The van der Waals surface area contributed by atoms with Crippen LogP contribution in [0, 0.1) is 5.82 Å². The molecular formula is C14H8FNOS. The Labute approximate surface area is 107 Å². The Morgan fingerprint density at radius 2 is 2.11 bits per heavy atom. The lowest BCUT2D eigenvalue weighted by atomic mass is 10.0. The summed E-state index contributed by atoms with van der Waals surface area (Å²) in [5.74, 6) is -0.700. The van der Waals surface area contributed by atoms with Crippen molar-refractivity contribution >= 4 is 27.2 Å². The van der Waals surface area contributed by atoms with E-state index < -0.39 is 5.82 Å². The molecule has 1 aromatic carbocycles. The van der Waals surface area contributed by atoms with Crippen molar-refractivity contribution in [3.05, 3.63) is 65.0 Å². The summed E-state index contributed by atoms with van der Waals surface area (Å²) in [6, 6.07) is 8.70. The van der Waals surface area contributed by atoms with Crippen molar-refractivity contribution in [2.75, 3.05) is 0 Å². The van der Waals surface area contributed by atoms with E-state index in [0.29, 0.717) is 5.56 Å². The van der Waals surface area contributed by atoms with Gasteiger partial charge in [-0.15, -0.1) is 11.3 Å². The molecule has 0 spiro atoms. The topological polar surface area (TPSA) is 30.0 Å². The molecule has 4 heteroatoms. The lowest BCUT2D eigenvalue weighted by molar-refractivity contribution is 0.103. The molecule has 0 aliphatic rings. The zero-order valence-corrected chi connectivity index (χ0v) is 10.1. The van der Waals surface area contributed by atoms with E-state index in [1.165, 1.54) is 23.6 Å². The number of ketones is 1. The van der Waals surface area contributed by atoms with Crippen LogP contribution in [0.15, 0.2) is 48.1 Å². The van der Waals surface area contributed by atoms with Crippen LogP contribution in [0.5, 0.6) is 0 Å². The minimum Gasteiger partial charge on any atom is -0.288 e. The van der Waals surface area contributed by atoms with Crippen LogP contribution in [0.3, 0.4) is 0 Å². The van der Waals surface area contributed by atoms with Crippen LogP contribution >= 0.6 is 11.3 Å². The molecule has 0 atom stereocenters. The standard InChI is InChI=1S/C14H8FNOS/c15-11-6-10(7-16-8-11)13(17)12-3-1-2-9-4-5-18-14(9)12/h1-8H. The fraction of sp³-hybridized carbons (Fsp3) is 0. The van der Waals surface area contributed by atoms with E-state index in [2.05, 4.69) is 4.98 Å². The number of pyridine rings is 1. The van der Waals surface area contributed by atoms with Gasteiger partial charge in [0, 0.05) is 22.0 Å². The van der Waals surface area contributed by atoms with Gasteiger partial charge in [-0.25, -0.2) is 4.39 Å². The SMILES string of the molecule is O=C(c1cncc(F)c1)c1cccc2ccsc12. The third-order valence-corrected chi connectivity index (χ3v) is 3.65. The number of hydrogen-bond acceptors (Lipinski definition) is 3. The van der Waals surface area contributed by atoms with Crippen molar-refractivity contribution in [3.63, 3.8) is 0 Å². The summed E-state index contributed by atoms with van der Waals surface area (Å²) < 4.78 is 14.0. The van der Waals surface area contributed by atoms with Crippen LogP contribution < -0.4 is 0 Å². The van der Waals surface area contributed by atoms with Gasteiger partial charge < -0.3 is 0 Å². The zero-order valence-electron chi connectivity index (χ0n) is 9.26. The third-order valence-electron chi connectivity index (χ3n) is 2.69. The van der Waals surface area contributed by atoms with Gasteiger partial charge in [0.25, 0.3) is 0 Å². The number of hydrogen-bond donors (Lipinski definition) is 0. The van der Waals surface area contributed by atoms with Crippen molar-refractivity contribution in [2.24, 2.45) is 0 Å². The van der Waals surface area contributed by atoms with Gasteiger partial charge in [-0.1, -0.05) is 12.1 Å². The second kappa shape index (κ2) is 4.31. The summed E-state index contributed by atoms with van der Waals surface area (Å²) in [5.41, 5.74) is 0.866. The maximum absolute atomic E-state index is 13.1. The Balaban J connectivity index is 2.15. The fourth-order valence-corrected chi connectivity index (χ4v) is 2.77. The summed E-state index contributed by atoms with van der Waals surface area (Å²) >= 11 is 1.51. The Bertz CT molecular complexity index is 735. The summed E-state index contributed by atoms with van der Waals surface area (Å²) in [6.45, 7) is 0. The molecule has 2 heterocycles. The fourth-order valence-electron chi connectivity index (χ4n) is 1.86. The molecule has 0 saturated heterocycles. The number of aromatic nitrogens is 1. The molecule has 88 valence electrons. The monoisotopic (exact) mass is 257 g/mol. The number of halogens is 1. The van der Waals surface area contributed by atoms with E-state index in [1.807, 2.05) is 23.6 Å². The number of carbonyl (C=O) groups is 1. The minimum absolute atomic E-state index is 0.199. The summed E-state index contributed by atoms with van der Waals surface area (Å²) in [5, 5.41) is 2.96. The van der Waals surface area contributed by atoms with Gasteiger partial charge in [0.15, 0.2) is 5.78 Å². The molecule has 0 N–H and O–H groups in total. The molecule has 0 aliphatic heterocycles. The van der Waals surface area contributed by atoms with Gasteiger partial charge in [0.1, 0.15) is 5.82 Å². The molecule has 0 fully saturated rings. The Morgan fingerprint density at radius 1 is 1.22 bits per heavy atom. The van der Waals surface area contributed by atoms with E-state index in [9.17, 15) is 9.18 Å². The third kappa shape index (κ3) is 1.80. The number of benzene rings is 1. The Morgan fingerprint density at radius 3 is 2.94 bits per heavy atom. The molecule has 2 aromatic heterocycles. The lowest BCUT2D eigenvalue weighted by Gasteiger charge is -2.02. The maximum atomic E-state index is 13.1. The highest BCUT2D eigenvalue weighted by molar-refractivity contribution is 7.17. The molecule has 0 aliphatic carbocycles. The molecule has 0 radical (unpaired) electrons. The highest BCUT2D eigenvalue weighted by atomic mass is 32.1. The van der Waals surface area contributed by atoms with Gasteiger partial charge in [0.05, 0.1) is 6.20 Å². The van der Waals surface area contributed by atoms with Crippen LogP contribution in [0.4, 0.5) is 4.39 Å². The van der Waals surface area contributed by atoms with Gasteiger partial charge in [0.2, 0.25) is 0 Å². The van der Waals surface area contributed by atoms with E-state index in [0.717, 1.165) is 16.3 Å². The van der Waals surface area contributed by atoms with Crippen molar-refractivity contribution in [1.29, 1.82) is 0 Å². The Kier molecular flexibility index (Phi) is 2.64. The largest absolute Gasteiger partial charge is 0.288 e. The summed E-state index contributed by atoms with van der Waals surface area (Å²) in [7, 11) is 0. The van der Waals surface area contributed by atoms with Gasteiger partial charge >= 0.3 is 0 Å². The first-order chi connectivity index (χ1) is 8.75. The number of fused-ring (bicyclic) bond motifs is 1. The molecule has 0 amide bonds. The average molecular weight is 257 g/mol. The second-order valence-electron chi connectivity index (χ2n) is 3.87. The van der Waals surface area contributed by atoms with Crippen molar-refractivity contribution in [3.8, 4) is 0 Å². The smallest absolute Gasteiger partial charge is 0.196 e. The van der Waals surface area contributed by atoms with Gasteiger partial charge in [-0.05, 0) is 29.0 Å². The first-order valence-electron chi connectivity index (χ1n) is 5.37. The van der Waals surface area contributed by atoms with Gasteiger partial charge in [-0.2, -0.15) is 0 Å². The molecule has 0 unspecified atom stereocenters. The first kappa shape index (κ1) is 11.0. The lowest BCUT2D eigenvalue weighted by Crippen LogP contribution is -2.02. The molecular weight excluding hydrogens is 249 g/mol. The van der Waals surface area contributed by atoms with Gasteiger partial charge in [-0.3, -0.25) is 9.78 Å². The van der Waals surface area contributed by atoms with Crippen molar-refractivity contribution in [2.45, 2.75) is 0 Å². The van der Waals surface area contributed by atoms with Crippen LogP contribution in [0.2, 0.25) is 0 Å². The first-order valence-corrected chi connectivity index (χ1v) is 6.25. The molecule has 0 saturated carbocycles. The number of carbonyl (C=O) groups excluding carboxylic acids is 1. The van der Waals surface area contributed by atoms with Crippen molar-refractivity contribution < 1.29 is 9.18 Å². The van der Waals surface area contributed by atoms with Crippen LogP contribution in [-0.2, 0) is 0 Å². The van der Waals surface area contributed by atoms with E-state index >= 15 is 0 Å². The molecule has 18 heavy (non-hydrogen) atoms. The summed E-state index contributed by atoms with van der Waals surface area (Å²) in [6.07, 6.45) is 2.47. The quantitative estimate of drug-likeness (QED) is 0.656. The highest BCUT2D eigenvalue weighted by Gasteiger charge is 2.14. The molecule has 3 rings (SSSR count). The maximum Gasteiger partial charge on any atom is 0.196 e. The normalized spacial score (nSPS) is 10.7. The van der Waals surface area contributed by atoms with Crippen LogP contribution in [0.1, 0.15) is 15.9 Å². The highest BCUT2D eigenvalue weighted by Crippen LogP contribution is 2.26. The molecule has 3 aromatic rings. The predicted molar refractivity (Wildman–Crippen MR) is 69.5 cm³/mol. The Hall–Kier alpha value is -2.07. The van der Waals surface area contributed by atoms with Crippen LogP contribution in [0.25, 0.3) is 10.1 Å². The van der Waals surface area contributed by atoms with Crippen LogP contribution in [-0.4, -0.2) is 10.8 Å². The van der Waals surface area contributed by atoms with E-state index in [-0.39, 0.29) is 11.3 Å². The minimum atomic E-state index is -0.501. The molecule has 2 nitrogen and oxygen atoms in total. The zero-order chi connectivity index (χ0) is 12.5.